The molecule has 1 aromatic carbocycles. The number of nitrogens with zero attached hydrogens (tertiary/aromatic N) is 1. The van der Waals surface area contributed by atoms with Gasteiger partial charge in [0.15, 0.2) is 5.96 Å². The lowest BCUT2D eigenvalue weighted by molar-refractivity contribution is 0.187. The number of methoxy groups -OCH3 is 1. The van der Waals surface area contributed by atoms with Crippen LogP contribution in [0.5, 0.6) is 0 Å². The number of rotatable bonds is 5. The maximum Gasteiger partial charge on any atom is 0.411 e. The molecular weight excluding hydrogens is 292 g/mol. The summed E-state index contributed by atoms with van der Waals surface area (Å²) in [5.41, 5.74) is 1.80. The molecule has 2 rings (SSSR count). The van der Waals surface area contributed by atoms with Crippen LogP contribution in [0.4, 0.5) is 10.5 Å². The molecule has 3 N–H and O–H groups in total. The van der Waals surface area contributed by atoms with Gasteiger partial charge in [0, 0.05) is 18.3 Å². The van der Waals surface area contributed by atoms with Crippen LogP contribution in [0.2, 0.25) is 0 Å². The predicted octanol–water partition coefficient (Wildman–Crippen LogP) is 2.86. The number of anilines is 1. The average molecular weight is 318 g/mol. The topological polar surface area (TPSA) is 74.8 Å². The summed E-state index contributed by atoms with van der Waals surface area (Å²) in [5, 5.41) is 9.42. The molecule has 1 saturated carbocycles. The molecule has 1 amide bonds. The number of hydrogen-bond acceptors (Lipinski definition) is 3. The second-order valence-corrected chi connectivity index (χ2v) is 5.63. The molecule has 0 heterocycles. The van der Waals surface area contributed by atoms with Gasteiger partial charge in [-0.05, 0) is 37.5 Å². The SMILES string of the molecule is CCNC(=NCc1ccc(NC(=O)OC)cc1)NC1CCCC1. The van der Waals surface area contributed by atoms with Crippen LogP contribution in [0.15, 0.2) is 29.3 Å². The van der Waals surface area contributed by atoms with E-state index < -0.39 is 6.09 Å². The molecule has 1 aliphatic carbocycles. The molecule has 0 aliphatic heterocycles. The summed E-state index contributed by atoms with van der Waals surface area (Å²) in [7, 11) is 1.35. The van der Waals surface area contributed by atoms with E-state index in [1.807, 2.05) is 24.3 Å². The Bertz CT molecular complexity index is 522. The van der Waals surface area contributed by atoms with E-state index in [9.17, 15) is 4.79 Å². The average Bonchev–Trinajstić information content (AvgIpc) is 3.07. The van der Waals surface area contributed by atoms with Gasteiger partial charge in [-0.3, -0.25) is 5.32 Å². The first-order valence-electron chi connectivity index (χ1n) is 8.20. The van der Waals surface area contributed by atoms with Crippen LogP contribution in [0.1, 0.15) is 38.2 Å². The minimum Gasteiger partial charge on any atom is -0.453 e. The molecule has 6 heteroatoms. The Labute approximate surface area is 137 Å². The number of nitrogens with one attached hydrogen (secondary N) is 3. The van der Waals surface area contributed by atoms with E-state index in [0.717, 1.165) is 18.1 Å². The largest absolute Gasteiger partial charge is 0.453 e. The van der Waals surface area contributed by atoms with Crippen LogP contribution in [-0.2, 0) is 11.3 Å². The molecule has 6 nitrogen and oxygen atoms in total. The molecule has 0 radical (unpaired) electrons. The van der Waals surface area contributed by atoms with Crippen molar-refractivity contribution in [2.24, 2.45) is 4.99 Å². The first kappa shape index (κ1) is 17.1. The molecule has 23 heavy (non-hydrogen) atoms. The van der Waals surface area contributed by atoms with Gasteiger partial charge in [-0.15, -0.1) is 0 Å². The summed E-state index contributed by atoms with van der Waals surface area (Å²) in [5.74, 6) is 0.871. The van der Waals surface area contributed by atoms with Gasteiger partial charge in [-0.25, -0.2) is 9.79 Å². The lowest BCUT2D eigenvalue weighted by Crippen LogP contribution is -2.42. The predicted molar refractivity (Wildman–Crippen MR) is 92.7 cm³/mol. The van der Waals surface area contributed by atoms with Crippen molar-refractivity contribution in [1.29, 1.82) is 0 Å². The minimum atomic E-state index is -0.467. The van der Waals surface area contributed by atoms with Crippen molar-refractivity contribution in [2.45, 2.75) is 45.2 Å². The zero-order valence-corrected chi connectivity index (χ0v) is 13.9. The first-order chi connectivity index (χ1) is 11.2. The number of carbonyl (C=O) groups is 1. The molecule has 0 aromatic heterocycles. The molecule has 0 bridgehead atoms. The molecule has 1 fully saturated rings. The fraction of sp³-hybridized carbons (Fsp3) is 0.529. The van der Waals surface area contributed by atoms with E-state index >= 15 is 0 Å². The van der Waals surface area contributed by atoms with Crippen molar-refractivity contribution in [1.82, 2.24) is 10.6 Å². The van der Waals surface area contributed by atoms with E-state index in [1.165, 1.54) is 32.8 Å². The summed E-state index contributed by atoms with van der Waals surface area (Å²) in [6.07, 6.45) is 4.57. The maximum absolute atomic E-state index is 11.1. The third kappa shape index (κ3) is 5.81. The Hall–Kier alpha value is -2.24. The zero-order chi connectivity index (χ0) is 16.5. The summed E-state index contributed by atoms with van der Waals surface area (Å²) in [6.45, 7) is 3.51. The molecule has 0 atom stereocenters. The van der Waals surface area contributed by atoms with Crippen LogP contribution in [0, 0.1) is 0 Å². The highest BCUT2D eigenvalue weighted by Gasteiger charge is 2.15. The van der Waals surface area contributed by atoms with Gasteiger partial charge in [-0.2, -0.15) is 0 Å². The zero-order valence-electron chi connectivity index (χ0n) is 13.9. The number of benzene rings is 1. The maximum atomic E-state index is 11.1. The molecule has 0 saturated heterocycles. The highest BCUT2D eigenvalue weighted by atomic mass is 16.5. The number of ether oxygens (including phenoxy) is 1. The van der Waals surface area contributed by atoms with E-state index in [2.05, 4.69) is 32.6 Å². The Morgan fingerprint density at radius 2 is 1.96 bits per heavy atom. The molecule has 0 unspecified atom stereocenters. The summed E-state index contributed by atoms with van der Waals surface area (Å²) < 4.78 is 4.57. The summed E-state index contributed by atoms with van der Waals surface area (Å²) in [4.78, 5) is 15.8. The van der Waals surface area contributed by atoms with Crippen LogP contribution in [0.25, 0.3) is 0 Å². The second kappa shape index (κ2) is 9.02. The lowest BCUT2D eigenvalue weighted by Gasteiger charge is -2.16. The van der Waals surface area contributed by atoms with Gasteiger partial charge in [0.2, 0.25) is 0 Å². The Morgan fingerprint density at radius 1 is 1.26 bits per heavy atom. The molecule has 1 aliphatic rings. The number of carbonyl (C=O) groups excluding carboxylic acids is 1. The van der Waals surface area contributed by atoms with Gasteiger partial charge in [0.1, 0.15) is 0 Å². The molecular formula is C17H26N4O2. The summed E-state index contributed by atoms with van der Waals surface area (Å²) in [6, 6.07) is 8.14. The van der Waals surface area contributed by atoms with E-state index in [1.54, 1.807) is 0 Å². The molecule has 1 aromatic rings. The van der Waals surface area contributed by atoms with Gasteiger partial charge in [-0.1, -0.05) is 25.0 Å². The Balaban J connectivity index is 1.91. The van der Waals surface area contributed by atoms with Gasteiger partial charge in [0.05, 0.1) is 13.7 Å². The minimum absolute atomic E-state index is 0.467. The van der Waals surface area contributed by atoms with Crippen molar-refractivity contribution in [3.05, 3.63) is 29.8 Å². The third-order valence-electron chi connectivity index (χ3n) is 3.85. The van der Waals surface area contributed by atoms with Crippen molar-refractivity contribution < 1.29 is 9.53 Å². The molecule has 126 valence electrons. The van der Waals surface area contributed by atoms with E-state index in [4.69, 9.17) is 0 Å². The van der Waals surface area contributed by atoms with Gasteiger partial charge in [0.25, 0.3) is 0 Å². The Kier molecular flexibility index (Phi) is 6.72. The molecule has 0 spiro atoms. The number of amides is 1. The van der Waals surface area contributed by atoms with Crippen LogP contribution in [0.3, 0.4) is 0 Å². The first-order valence-corrected chi connectivity index (χ1v) is 8.20. The third-order valence-corrected chi connectivity index (χ3v) is 3.85. The Morgan fingerprint density at radius 3 is 2.57 bits per heavy atom. The van der Waals surface area contributed by atoms with Crippen LogP contribution < -0.4 is 16.0 Å². The van der Waals surface area contributed by atoms with Crippen molar-refractivity contribution in [3.63, 3.8) is 0 Å². The van der Waals surface area contributed by atoms with Crippen LogP contribution >= 0.6 is 0 Å². The van der Waals surface area contributed by atoms with Crippen molar-refractivity contribution >= 4 is 17.7 Å². The smallest absolute Gasteiger partial charge is 0.411 e. The van der Waals surface area contributed by atoms with Gasteiger partial charge >= 0.3 is 6.09 Å². The van der Waals surface area contributed by atoms with E-state index in [-0.39, 0.29) is 0 Å². The quantitative estimate of drug-likeness (QED) is 0.576. The second-order valence-electron chi connectivity index (χ2n) is 5.63. The van der Waals surface area contributed by atoms with Gasteiger partial charge < -0.3 is 15.4 Å². The van der Waals surface area contributed by atoms with Crippen LogP contribution in [-0.4, -0.2) is 31.7 Å². The number of guanidine groups is 1. The van der Waals surface area contributed by atoms with Crippen molar-refractivity contribution in [3.8, 4) is 0 Å². The highest BCUT2D eigenvalue weighted by molar-refractivity contribution is 5.84. The highest BCUT2D eigenvalue weighted by Crippen LogP contribution is 2.17. The number of aliphatic imine (C=N–C) groups is 1. The standard InChI is InChI=1S/C17H26N4O2/c1-3-18-16(20-14-6-4-5-7-14)19-12-13-8-10-15(11-9-13)21-17(22)23-2/h8-11,14H,3-7,12H2,1-2H3,(H,21,22)(H2,18,19,20). The lowest BCUT2D eigenvalue weighted by atomic mass is 10.2. The summed E-state index contributed by atoms with van der Waals surface area (Å²) >= 11 is 0. The fourth-order valence-electron chi connectivity index (χ4n) is 2.62. The van der Waals surface area contributed by atoms with E-state index in [0.29, 0.717) is 18.3 Å². The van der Waals surface area contributed by atoms with Crippen molar-refractivity contribution in [2.75, 3.05) is 19.0 Å². The normalized spacial score (nSPS) is 15.3. The number of hydrogen-bond donors (Lipinski definition) is 3. The monoisotopic (exact) mass is 318 g/mol. The fourth-order valence-corrected chi connectivity index (χ4v) is 2.62.